The molecular weight excluding hydrogens is 314 g/mol. The van der Waals surface area contributed by atoms with Gasteiger partial charge in [0.25, 0.3) is 5.91 Å². The predicted molar refractivity (Wildman–Crippen MR) is 96.5 cm³/mol. The Morgan fingerprint density at radius 2 is 1.76 bits per heavy atom. The molecule has 4 nitrogen and oxygen atoms in total. The number of benzene rings is 2. The van der Waals surface area contributed by atoms with Gasteiger partial charge in [0.15, 0.2) is 0 Å². The number of carbonyl (C=O) groups excluding carboxylic acids is 1. The number of rotatable bonds is 6. The van der Waals surface area contributed by atoms with Gasteiger partial charge < -0.3 is 14.5 Å². The first-order chi connectivity index (χ1) is 12.1. The molecule has 0 radical (unpaired) electrons. The highest BCUT2D eigenvalue weighted by molar-refractivity contribution is 5.94. The van der Waals surface area contributed by atoms with Crippen LogP contribution in [0.1, 0.15) is 40.4 Å². The molecule has 0 saturated carbocycles. The van der Waals surface area contributed by atoms with Crippen LogP contribution in [-0.4, -0.2) is 5.91 Å². The van der Waals surface area contributed by atoms with Gasteiger partial charge in [-0.3, -0.25) is 4.79 Å². The van der Waals surface area contributed by atoms with Gasteiger partial charge in [0.1, 0.15) is 23.9 Å². The van der Waals surface area contributed by atoms with E-state index in [0.717, 1.165) is 22.8 Å². The van der Waals surface area contributed by atoms with E-state index in [1.165, 1.54) is 0 Å². The molecule has 4 heteroatoms. The van der Waals surface area contributed by atoms with Gasteiger partial charge in [0.2, 0.25) is 0 Å². The Morgan fingerprint density at radius 1 is 1.04 bits per heavy atom. The number of furan rings is 1. The van der Waals surface area contributed by atoms with E-state index in [1.807, 2.05) is 56.3 Å². The molecule has 0 aliphatic heterocycles. The first-order valence-electron chi connectivity index (χ1n) is 8.26. The molecule has 0 aliphatic carbocycles. The van der Waals surface area contributed by atoms with Crippen LogP contribution in [0.5, 0.6) is 5.75 Å². The van der Waals surface area contributed by atoms with Crippen molar-refractivity contribution in [1.29, 1.82) is 0 Å². The van der Waals surface area contributed by atoms with Crippen LogP contribution >= 0.6 is 0 Å². The van der Waals surface area contributed by atoms with E-state index in [2.05, 4.69) is 5.32 Å². The number of aryl methyl sites for hydroxylation is 1. The summed E-state index contributed by atoms with van der Waals surface area (Å²) in [4.78, 5) is 12.3. The van der Waals surface area contributed by atoms with E-state index in [-0.39, 0.29) is 11.9 Å². The first kappa shape index (κ1) is 16.8. The summed E-state index contributed by atoms with van der Waals surface area (Å²) in [6, 6.07) is 20.7. The molecule has 2 aromatic carbocycles. The van der Waals surface area contributed by atoms with Crippen LogP contribution < -0.4 is 10.1 Å². The molecule has 0 aliphatic rings. The zero-order chi connectivity index (χ0) is 17.6. The molecule has 1 N–H and O–H groups in total. The molecule has 0 saturated heterocycles. The summed E-state index contributed by atoms with van der Waals surface area (Å²) in [6.45, 7) is 4.28. The molecule has 1 aromatic heterocycles. The van der Waals surface area contributed by atoms with Crippen molar-refractivity contribution in [2.45, 2.75) is 26.5 Å². The molecule has 0 fully saturated rings. The normalized spacial score (nSPS) is 11.8. The van der Waals surface area contributed by atoms with Crippen molar-refractivity contribution >= 4 is 5.91 Å². The summed E-state index contributed by atoms with van der Waals surface area (Å²) < 4.78 is 11.3. The van der Waals surface area contributed by atoms with Crippen LogP contribution in [0.2, 0.25) is 0 Å². The fourth-order valence-electron chi connectivity index (χ4n) is 2.48. The predicted octanol–water partition coefficient (Wildman–Crippen LogP) is 4.66. The Bertz CT molecular complexity index is 822. The number of amides is 1. The second kappa shape index (κ2) is 7.71. The van der Waals surface area contributed by atoms with Gasteiger partial charge in [-0.05, 0) is 55.8 Å². The highest BCUT2D eigenvalue weighted by Crippen LogP contribution is 2.18. The second-order valence-electron chi connectivity index (χ2n) is 5.94. The Hall–Kier alpha value is -3.01. The molecular formula is C21H21NO3. The summed E-state index contributed by atoms with van der Waals surface area (Å²) in [5, 5.41) is 2.93. The van der Waals surface area contributed by atoms with E-state index in [4.69, 9.17) is 9.15 Å². The Kier molecular flexibility index (Phi) is 5.19. The van der Waals surface area contributed by atoms with E-state index in [1.54, 1.807) is 24.3 Å². The number of nitrogens with one attached hydrogen (secondary N) is 1. The fraction of sp³-hybridized carbons (Fsp3) is 0.190. The number of carbonyl (C=O) groups is 1. The fourth-order valence-corrected chi connectivity index (χ4v) is 2.48. The number of hydrogen-bond acceptors (Lipinski definition) is 3. The smallest absolute Gasteiger partial charge is 0.251 e. The van der Waals surface area contributed by atoms with E-state index in [0.29, 0.717) is 12.2 Å². The molecule has 3 rings (SSSR count). The SMILES string of the molecule is Cc1ccc(C(C)NC(=O)c2ccc(OCc3ccccc3)cc2)o1. The standard InChI is InChI=1S/C21H21NO3/c1-15-8-13-20(25-15)16(2)22-21(23)18-9-11-19(12-10-18)24-14-17-6-4-3-5-7-17/h3-13,16H,14H2,1-2H3,(H,22,23). The third kappa shape index (κ3) is 4.51. The second-order valence-corrected chi connectivity index (χ2v) is 5.94. The highest BCUT2D eigenvalue weighted by Gasteiger charge is 2.14. The lowest BCUT2D eigenvalue weighted by Gasteiger charge is -2.12. The summed E-state index contributed by atoms with van der Waals surface area (Å²) >= 11 is 0. The van der Waals surface area contributed by atoms with Crippen molar-refractivity contribution in [2.75, 3.05) is 0 Å². The Labute approximate surface area is 147 Å². The van der Waals surface area contributed by atoms with Crippen molar-refractivity contribution in [3.05, 3.63) is 89.4 Å². The number of hydrogen-bond donors (Lipinski definition) is 1. The average Bonchev–Trinajstić information content (AvgIpc) is 3.08. The van der Waals surface area contributed by atoms with Crippen LogP contribution in [0.25, 0.3) is 0 Å². The monoisotopic (exact) mass is 335 g/mol. The average molecular weight is 335 g/mol. The quantitative estimate of drug-likeness (QED) is 0.713. The third-order valence-corrected chi connectivity index (χ3v) is 3.90. The lowest BCUT2D eigenvalue weighted by Crippen LogP contribution is -2.26. The molecule has 1 heterocycles. The van der Waals surface area contributed by atoms with Crippen molar-refractivity contribution in [3.63, 3.8) is 0 Å². The van der Waals surface area contributed by atoms with Crippen molar-refractivity contribution in [1.82, 2.24) is 5.32 Å². The molecule has 1 amide bonds. The molecule has 1 unspecified atom stereocenters. The maximum absolute atomic E-state index is 12.3. The van der Waals surface area contributed by atoms with Gasteiger partial charge in [-0.1, -0.05) is 30.3 Å². The third-order valence-electron chi connectivity index (χ3n) is 3.90. The maximum atomic E-state index is 12.3. The van der Waals surface area contributed by atoms with Crippen molar-refractivity contribution in [3.8, 4) is 5.75 Å². The van der Waals surface area contributed by atoms with Gasteiger partial charge >= 0.3 is 0 Å². The molecule has 0 bridgehead atoms. The van der Waals surface area contributed by atoms with Crippen molar-refractivity contribution in [2.24, 2.45) is 0 Å². The topological polar surface area (TPSA) is 51.5 Å². The summed E-state index contributed by atoms with van der Waals surface area (Å²) in [5.41, 5.74) is 1.69. The summed E-state index contributed by atoms with van der Waals surface area (Å²) in [7, 11) is 0. The van der Waals surface area contributed by atoms with Crippen LogP contribution in [0.15, 0.2) is 71.1 Å². The Balaban J connectivity index is 1.57. The molecule has 3 aromatic rings. The van der Waals surface area contributed by atoms with E-state index >= 15 is 0 Å². The Morgan fingerprint density at radius 3 is 2.40 bits per heavy atom. The molecule has 25 heavy (non-hydrogen) atoms. The van der Waals surface area contributed by atoms with Gasteiger partial charge in [0.05, 0.1) is 6.04 Å². The first-order valence-corrected chi connectivity index (χ1v) is 8.26. The largest absolute Gasteiger partial charge is 0.489 e. The molecule has 1 atom stereocenters. The van der Waals surface area contributed by atoms with Gasteiger partial charge in [-0.25, -0.2) is 0 Å². The zero-order valence-electron chi connectivity index (χ0n) is 14.4. The maximum Gasteiger partial charge on any atom is 0.251 e. The van der Waals surface area contributed by atoms with Crippen LogP contribution in [-0.2, 0) is 6.61 Å². The van der Waals surface area contributed by atoms with Crippen LogP contribution in [0, 0.1) is 6.92 Å². The minimum absolute atomic E-state index is 0.142. The highest BCUT2D eigenvalue weighted by atomic mass is 16.5. The van der Waals surface area contributed by atoms with E-state index in [9.17, 15) is 4.79 Å². The zero-order valence-corrected chi connectivity index (χ0v) is 14.4. The lowest BCUT2D eigenvalue weighted by atomic mass is 10.1. The molecule has 128 valence electrons. The number of ether oxygens (including phenoxy) is 1. The minimum Gasteiger partial charge on any atom is -0.489 e. The van der Waals surface area contributed by atoms with Crippen molar-refractivity contribution < 1.29 is 13.9 Å². The van der Waals surface area contributed by atoms with Gasteiger partial charge in [0, 0.05) is 5.56 Å². The van der Waals surface area contributed by atoms with Gasteiger partial charge in [-0.2, -0.15) is 0 Å². The minimum atomic E-state index is -0.185. The van der Waals surface area contributed by atoms with Gasteiger partial charge in [-0.15, -0.1) is 0 Å². The van der Waals surface area contributed by atoms with Crippen LogP contribution in [0.4, 0.5) is 0 Å². The molecule has 0 spiro atoms. The summed E-state index contributed by atoms with van der Waals surface area (Å²) in [6.07, 6.45) is 0. The lowest BCUT2D eigenvalue weighted by molar-refractivity contribution is 0.0935. The summed E-state index contributed by atoms with van der Waals surface area (Å²) in [5.74, 6) is 2.16. The van der Waals surface area contributed by atoms with E-state index < -0.39 is 0 Å². The van der Waals surface area contributed by atoms with Crippen LogP contribution in [0.3, 0.4) is 0 Å².